The Kier molecular flexibility index (Phi) is 4.55. The van der Waals surface area contributed by atoms with E-state index in [1.165, 1.54) is 5.56 Å². The first-order chi connectivity index (χ1) is 11.1. The van der Waals surface area contributed by atoms with E-state index < -0.39 is 11.9 Å². The molecule has 1 atom stereocenters. The molecular formula is C18H24N2O3. The van der Waals surface area contributed by atoms with Gasteiger partial charge in [-0.3, -0.25) is 4.79 Å². The monoisotopic (exact) mass is 316 g/mol. The Hall–Kier alpha value is -2.04. The summed E-state index contributed by atoms with van der Waals surface area (Å²) in [6, 6.07) is 10.2. The number of carbonyl (C=O) groups excluding carboxylic acids is 1. The molecule has 2 aliphatic rings. The van der Waals surface area contributed by atoms with Gasteiger partial charge in [-0.25, -0.2) is 4.79 Å². The molecule has 0 bridgehead atoms. The molecule has 0 spiro atoms. The number of likely N-dealkylation sites (tertiary alicyclic amines) is 1. The molecule has 5 nitrogen and oxygen atoms in total. The van der Waals surface area contributed by atoms with E-state index in [9.17, 15) is 9.59 Å². The van der Waals surface area contributed by atoms with Crippen molar-refractivity contribution in [1.29, 1.82) is 0 Å². The Bertz CT molecular complexity index is 569. The van der Waals surface area contributed by atoms with Crippen LogP contribution in [0.3, 0.4) is 0 Å². The van der Waals surface area contributed by atoms with Gasteiger partial charge < -0.3 is 15.3 Å². The first kappa shape index (κ1) is 15.8. The minimum absolute atomic E-state index is 0.115. The van der Waals surface area contributed by atoms with Crippen molar-refractivity contribution >= 4 is 12.0 Å². The van der Waals surface area contributed by atoms with Gasteiger partial charge in [0.25, 0.3) is 0 Å². The van der Waals surface area contributed by atoms with Crippen LogP contribution in [0, 0.1) is 11.3 Å². The first-order valence-electron chi connectivity index (χ1n) is 8.38. The van der Waals surface area contributed by atoms with Crippen molar-refractivity contribution in [2.45, 2.75) is 32.1 Å². The van der Waals surface area contributed by atoms with Crippen molar-refractivity contribution in [2.75, 3.05) is 19.6 Å². The smallest absolute Gasteiger partial charge is 0.317 e. The maximum atomic E-state index is 12.3. The fourth-order valence-electron chi connectivity index (χ4n) is 3.36. The van der Waals surface area contributed by atoms with Crippen molar-refractivity contribution in [2.24, 2.45) is 11.3 Å². The van der Waals surface area contributed by atoms with Gasteiger partial charge in [-0.2, -0.15) is 0 Å². The second kappa shape index (κ2) is 6.60. The van der Waals surface area contributed by atoms with E-state index in [1.54, 1.807) is 4.90 Å². The summed E-state index contributed by atoms with van der Waals surface area (Å²) in [4.78, 5) is 25.1. The zero-order valence-electron chi connectivity index (χ0n) is 13.3. The van der Waals surface area contributed by atoms with Crippen LogP contribution < -0.4 is 5.32 Å². The summed E-state index contributed by atoms with van der Waals surface area (Å²) in [6.45, 7) is 1.66. The number of nitrogens with one attached hydrogen (secondary N) is 1. The molecule has 1 aromatic rings. The highest BCUT2D eigenvalue weighted by molar-refractivity contribution is 5.76. The highest BCUT2D eigenvalue weighted by atomic mass is 16.4. The van der Waals surface area contributed by atoms with Crippen LogP contribution in [0.25, 0.3) is 0 Å². The van der Waals surface area contributed by atoms with E-state index in [0.717, 1.165) is 25.7 Å². The number of carbonyl (C=O) groups is 2. The van der Waals surface area contributed by atoms with E-state index >= 15 is 0 Å². The number of carboxylic acid groups (broad SMARTS) is 1. The molecular weight excluding hydrogens is 292 g/mol. The van der Waals surface area contributed by atoms with E-state index in [1.807, 2.05) is 18.2 Å². The molecule has 5 heteroatoms. The van der Waals surface area contributed by atoms with Gasteiger partial charge in [0.05, 0.1) is 5.92 Å². The van der Waals surface area contributed by atoms with Gasteiger partial charge in [-0.1, -0.05) is 30.3 Å². The molecule has 2 fully saturated rings. The van der Waals surface area contributed by atoms with Crippen LogP contribution in [0.2, 0.25) is 0 Å². The van der Waals surface area contributed by atoms with Gasteiger partial charge in [-0.15, -0.1) is 0 Å². The van der Waals surface area contributed by atoms with E-state index in [4.69, 9.17) is 5.11 Å². The van der Waals surface area contributed by atoms with Crippen LogP contribution in [0.4, 0.5) is 4.79 Å². The SMILES string of the molecule is O=C(O)C1CCCN(C(=O)NCC2(Cc3ccccc3)CC2)C1. The lowest BCUT2D eigenvalue weighted by Gasteiger charge is -2.31. The number of nitrogens with zero attached hydrogens (tertiary/aromatic N) is 1. The maximum Gasteiger partial charge on any atom is 0.317 e. The minimum Gasteiger partial charge on any atom is -0.481 e. The van der Waals surface area contributed by atoms with Crippen LogP contribution in [-0.4, -0.2) is 41.6 Å². The first-order valence-corrected chi connectivity index (χ1v) is 8.38. The predicted molar refractivity (Wildman–Crippen MR) is 87.1 cm³/mol. The average molecular weight is 316 g/mol. The molecule has 0 radical (unpaired) electrons. The van der Waals surface area contributed by atoms with E-state index in [-0.39, 0.29) is 11.4 Å². The van der Waals surface area contributed by atoms with Crippen molar-refractivity contribution in [3.8, 4) is 0 Å². The molecule has 0 aromatic heterocycles. The zero-order valence-corrected chi connectivity index (χ0v) is 13.3. The molecule has 1 aliphatic heterocycles. The third-order valence-electron chi connectivity index (χ3n) is 5.05. The van der Waals surface area contributed by atoms with Gasteiger partial charge in [0.15, 0.2) is 0 Å². The molecule has 1 saturated carbocycles. The number of benzene rings is 1. The van der Waals surface area contributed by atoms with Crippen LogP contribution in [0.1, 0.15) is 31.2 Å². The maximum absolute atomic E-state index is 12.3. The number of rotatable bonds is 5. The number of amides is 2. The number of hydrogen-bond donors (Lipinski definition) is 2. The summed E-state index contributed by atoms with van der Waals surface area (Å²) in [5.41, 5.74) is 1.50. The zero-order chi connectivity index (χ0) is 16.3. The van der Waals surface area contributed by atoms with Crippen LogP contribution in [-0.2, 0) is 11.2 Å². The summed E-state index contributed by atoms with van der Waals surface area (Å²) in [6.07, 6.45) is 4.70. The normalized spacial score (nSPS) is 22.4. The van der Waals surface area contributed by atoms with Crippen molar-refractivity contribution in [3.05, 3.63) is 35.9 Å². The second-order valence-corrected chi connectivity index (χ2v) is 6.94. The molecule has 124 valence electrons. The van der Waals surface area contributed by atoms with Gasteiger partial charge in [-0.05, 0) is 43.1 Å². The Balaban J connectivity index is 1.50. The number of carboxylic acids is 1. The minimum atomic E-state index is -0.801. The Morgan fingerprint density at radius 2 is 2.00 bits per heavy atom. The third-order valence-corrected chi connectivity index (χ3v) is 5.05. The van der Waals surface area contributed by atoms with Crippen molar-refractivity contribution in [3.63, 3.8) is 0 Å². The molecule has 1 saturated heterocycles. The molecule has 1 heterocycles. The average Bonchev–Trinajstić information content (AvgIpc) is 3.33. The van der Waals surface area contributed by atoms with Gasteiger partial charge in [0.1, 0.15) is 0 Å². The Morgan fingerprint density at radius 3 is 2.65 bits per heavy atom. The Morgan fingerprint density at radius 1 is 1.26 bits per heavy atom. The second-order valence-electron chi connectivity index (χ2n) is 6.94. The summed E-state index contributed by atoms with van der Waals surface area (Å²) in [7, 11) is 0. The number of aliphatic carboxylic acids is 1. The molecule has 1 aromatic carbocycles. The topological polar surface area (TPSA) is 69.6 Å². The molecule has 3 rings (SSSR count). The standard InChI is InChI=1S/C18H24N2O3/c21-16(22)15-7-4-10-20(12-15)17(23)19-13-18(8-9-18)11-14-5-2-1-3-6-14/h1-3,5-6,15H,4,7-13H2,(H,19,23)(H,21,22). The van der Waals surface area contributed by atoms with E-state index in [2.05, 4.69) is 17.4 Å². The van der Waals surface area contributed by atoms with Crippen LogP contribution in [0.15, 0.2) is 30.3 Å². The van der Waals surface area contributed by atoms with E-state index in [0.29, 0.717) is 26.1 Å². The largest absolute Gasteiger partial charge is 0.481 e. The van der Waals surface area contributed by atoms with Crippen molar-refractivity contribution < 1.29 is 14.7 Å². The summed E-state index contributed by atoms with van der Waals surface area (Å²) >= 11 is 0. The Labute approximate surface area is 136 Å². The third kappa shape index (κ3) is 4.03. The molecule has 1 unspecified atom stereocenters. The molecule has 23 heavy (non-hydrogen) atoms. The van der Waals surface area contributed by atoms with Gasteiger partial charge >= 0.3 is 12.0 Å². The number of hydrogen-bond acceptors (Lipinski definition) is 2. The fraction of sp³-hybridized carbons (Fsp3) is 0.556. The summed E-state index contributed by atoms with van der Waals surface area (Å²) in [5.74, 6) is -1.22. The molecule has 1 aliphatic carbocycles. The van der Waals surface area contributed by atoms with Crippen LogP contribution in [0.5, 0.6) is 0 Å². The fourth-order valence-corrected chi connectivity index (χ4v) is 3.36. The predicted octanol–water partition coefficient (Wildman–Crippen LogP) is 2.52. The summed E-state index contributed by atoms with van der Waals surface area (Å²) < 4.78 is 0. The molecule has 2 N–H and O–H groups in total. The quantitative estimate of drug-likeness (QED) is 0.877. The molecule has 2 amide bonds. The van der Waals surface area contributed by atoms with Gasteiger partial charge in [0, 0.05) is 19.6 Å². The summed E-state index contributed by atoms with van der Waals surface area (Å²) in [5, 5.41) is 12.1. The van der Waals surface area contributed by atoms with Crippen molar-refractivity contribution in [1.82, 2.24) is 10.2 Å². The number of urea groups is 1. The lowest BCUT2D eigenvalue weighted by molar-refractivity contribution is -0.143. The highest BCUT2D eigenvalue weighted by Crippen LogP contribution is 2.47. The van der Waals surface area contributed by atoms with Gasteiger partial charge in [0.2, 0.25) is 0 Å². The lowest BCUT2D eigenvalue weighted by Crippen LogP contribution is -2.48. The van der Waals surface area contributed by atoms with Crippen LogP contribution >= 0.6 is 0 Å². The number of piperidine rings is 1. The highest BCUT2D eigenvalue weighted by Gasteiger charge is 2.43. The lowest BCUT2D eigenvalue weighted by atomic mass is 9.96.